The Labute approximate surface area is 206 Å². The molecule has 0 unspecified atom stereocenters. The van der Waals surface area contributed by atoms with Crippen LogP contribution in [0.25, 0.3) is 0 Å². The van der Waals surface area contributed by atoms with Gasteiger partial charge < -0.3 is 11.1 Å². The third kappa shape index (κ3) is 5.41. The highest BCUT2D eigenvalue weighted by atomic mass is 16.2. The number of aromatic nitrogens is 2. The minimum Gasteiger partial charge on any atom is -0.383 e. The standard InChI is InChI=1S/C27H25N5O4/c1-18(33)29-22-14-12-21(13-15-22)26(35)31(16-19-8-4-2-5-9-19)23-24(28)32(27(36)30-25(23)34)17-20-10-6-3-7-11-20/h2-15H,16-17,28H2,1H3,(H,29,33)(H,30,34,36). The van der Waals surface area contributed by atoms with E-state index in [1.807, 2.05) is 60.7 Å². The number of nitrogens with zero attached hydrogens (tertiary/aromatic N) is 2. The zero-order chi connectivity index (χ0) is 25.7. The molecule has 0 saturated heterocycles. The summed E-state index contributed by atoms with van der Waals surface area (Å²) in [7, 11) is 0. The maximum Gasteiger partial charge on any atom is 0.330 e. The molecule has 4 N–H and O–H groups in total. The summed E-state index contributed by atoms with van der Waals surface area (Å²) in [5.41, 5.74) is 7.21. The number of nitrogens with two attached hydrogens (primary N) is 1. The van der Waals surface area contributed by atoms with Crippen LogP contribution >= 0.6 is 0 Å². The number of hydrogen-bond donors (Lipinski definition) is 3. The van der Waals surface area contributed by atoms with Crippen molar-refractivity contribution in [3.63, 3.8) is 0 Å². The molecule has 3 aromatic carbocycles. The van der Waals surface area contributed by atoms with E-state index in [0.29, 0.717) is 5.69 Å². The van der Waals surface area contributed by atoms with Crippen LogP contribution in [0.5, 0.6) is 0 Å². The first-order chi connectivity index (χ1) is 17.3. The highest BCUT2D eigenvalue weighted by molar-refractivity contribution is 6.07. The molecule has 0 aliphatic carbocycles. The quantitative estimate of drug-likeness (QED) is 0.372. The molecule has 0 radical (unpaired) electrons. The van der Waals surface area contributed by atoms with Crippen molar-refractivity contribution in [2.24, 2.45) is 0 Å². The smallest absolute Gasteiger partial charge is 0.330 e. The Balaban J connectivity index is 1.80. The van der Waals surface area contributed by atoms with Crippen molar-refractivity contribution in [2.75, 3.05) is 16.0 Å². The van der Waals surface area contributed by atoms with Gasteiger partial charge in [0.2, 0.25) is 5.91 Å². The molecular formula is C27H25N5O4. The molecule has 0 fully saturated rings. The Hall–Kier alpha value is -4.92. The molecule has 0 saturated carbocycles. The average Bonchev–Trinajstić information content (AvgIpc) is 2.87. The van der Waals surface area contributed by atoms with Crippen molar-refractivity contribution >= 4 is 29.0 Å². The van der Waals surface area contributed by atoms with Crippen molar-refractivity contribution in [3.05, 3.63) is 122 Å². The van der Waals surface area contributed by atoms with E-state index in [4.69, 9.17) is 5.73 Å². The van der Waals surface area contributed by atoms with E-state index in [0.717, 1.165) is 11.1 Å². The van der Waals surface area contributed by atoms with Crippen LogP contribution in [0, 0.1) is 0 Å². The van der Waals surface area contributed by atoms with Crippen molar-refractivity contribution in [3.8, 4) is 0 Å². The van der Waals surface area contributed by atoms with Crippen molar-refractivity contribution in [2.45, 2.75) is 20.0 Å². The molecule has 36 heavy (non-hydrogen) atoms. The topological polar surface area (TPSA) is 130 Å². The van der Waals surface area contributed by atoms with Crippen LogP contribution in [-0.4, -0.2) is 21.4 Å². The lowest BCUT2D eigenvalue weighted by molar-refractivity contribution is -0.114. The minimum atomic E-state index is -0.763. The second-order valence-corrected chi connectivity index (χ2v) is 8.20. The van der Waals surface area contributed by atoms with Gasteiger partial charge in [0.1, 0.15) is 5.82 Å². The fourth-order valence-electron chi connectivity index (χ4n) is 3.83. The Bertz CT molecular complexity index is 1490. The van der Waals surface area contributed by atoms with E-state index in [1.165, 1.54) is 16.4 Å². The van der Waals surface area contributed by atoms with Gasteiger partial charge in [-0.3, -0.25) is 28.8 Å². The van der Waals surface area contributed by atoms with Crippen LogP contribution in [0.4, 0.5) is 17.2 Å². The van der Waals surface area contributed by atoms with Gasteiger partial charge in [-0.05, 0) is 35.4 Å². The van der Waals surface area contributed by atoms with Gasteiger partial charge in [-0.25, -0.2) is 4.79 Å². The summed E-state index contributed by atoms with van der Waals surface area (Å²) < 4.78 is 1.23. The SMILES string of the molecule is CC(=O)Nc1ccc(C(=O)N(Cc2ccccc2)c2c(N)n(Cc3ccccc3)c(=O)[nH]c2=O)cc1. The zero-order valence-corrected chi connectivity index (χ0v) is 19.6. The van der Waals surface area contributed by atoms with Crippen LogP contribution in [0.3, 0.4) is 0 Å². The second-order valence-electron chi connectivity index (χ2n) is 8.20. The number of H-pyrrole nitrogens is 1. The van der Waals surface area contributed by atoms with Crippen LogP contribution in [0.2, 0.25) is 0 Å². The Morgan fingerprint density at radius 3 is 2.06 bits per heavy atom. The number of benzene rings is 3. The van der Waals surface area contributed by atoms with Gasteiger partial charge in [-0.15, -0.1) is 0 Å². The second kappa shape index (κ2) is 10.6. The molecule has 1 aromatic heterocycles. The van der Waals surface area contributed by atoms with Crippen LogP contribution < -0.4 is 27.2 Å². The van der Waals surface area contributed by atoms with Crippen molar-refractivity contribution < 1.29 is 9.59 Å². The lowest BCUT2D eigenvalue weighted by atomic mass is 10.1. The molecule has 1 heterocycles. The molecule has 4 rings (SSSR count). The van der Waals surface area contributed by atoms with E-state index in [2.05, 4.69) is 10.3 Å². The van der Waals surface area contributed by atoms with Gasteiger partial charge in [0.25, 0.3) is 11.5 Å². The summed E-state index contributed by atoms with van der Waals surface area (Å²) in [6.45, 7) is 1.55. The normalized spacial score (nSPS) is 10.6. The molecule has 0 spiro atoms. The highest BCUT2D eigenvalue weighted by Gasteiger charge is 2.26. The fraction of sp³-hybridized carbons (Fsp3) is 0.111. The highest BCUT2D eigenvalue weighted by Crippen LogP contribution is 2.23. The molecule has 0 aliphatic rings. The van der Waals surface area contributed by atoms with Gasteiger partial charge in [0, 0.05) is 18.2 Å². The summed E-state index contributed by atoms with van der Waals surface area (Å²) in [5.74, 6) is -0.846. The predicted molar refractivity (Wildman–Crippen MR) is 139 cm³/mol. The van der Waals surface area contributed by atoms with Crippen LogP contribution in [0.15, 0.2) is 94.5 Å². The summed E-state index contributed by atoms with van der Waals surface area (Å²) in [6.07, 6.45) is 0. The molecule has 0 atom stereocenters. The average molecular weight is 484 g/mol. The molecule has 9 nitrogen and oxygen atoms in total. The third-order valence-electron chi connectivity index (χ3n) is 5.55. The number of hydrogen-bond acceptors (Lipinski definition) is 5. The third-order valence-corrected chi connectivity index (χ3v) is 5.55. The first-order valence-corrected chi connectivity index (χ1v) is 11.2. The van der Waals surface area contributed by atoms with E-state index >= 15 is 0 Å². The van der Waals surface area contributed by atoms with Crippen LogP contribution in [0.1, 0.15) is 28.4 Å². The van der Waals surface area contributed by atoms with Gasteiger partial charge in [-0.2, -0.15) is 0 Å². The molecule has 0 bridgehead atoms. The first-order valence-electron chi connectivity index (χ1n) is 11.2. The number of rotatable bonds is 7. The molecular weight excluding hydrogens is 458 g/mol. The van der Waals surface area contributed by atoms with Gasteiger partial charge in [-0.1, -0.05) is 60.7 Å². The van der Waals surface area contributed by atoms with E-state index in [-0.39, 0.29) is 36.1 Å². The minimum absolute atomic E-state index is 0.0456. The number of nitrogens with one attached hydrogen (secondary N) is 2. The number of aromatic amines is 1. The van der Waals surface area contributed by atoms with E-state index in [1.54, 1.807) is 24.3 Å². The van der Waals surface area contributed by atoms with Crippen molar-refractivity contribution in [1.82, 2.24) is 9.55 Å². The zero-order valence-electron chi connectivity index (χ0n) is 19.6. The monoisotopic (exact) mass is 483 g/mol. The summed E-state index contributed by atoms with van der Waals surface area (Å²) in [5, 5.41) is 2.65. The Morgan fingerprint density at radius 2 is 1.47 bits per heavy atom. The van der Waals surface area contributed by atoms with Gasteiger partial charge >= 0.3 is 5.69 Å². The first kappa shape index (κ1) is 24.2. The van der Waals surface area contributed by atoms with Crippen molar-refractivity contribution in [1.29, 1.82) is 0 Å². The number of nitrogen functional groups attached to an aromatic ring is 1. The predicted octanol–water partition coefficient (Wildman–Crippen LogP) is 2.97. The molecule has 4 aromatic rings. The largest absolute Gasteiger partial charge is 0.383 e. The summed E-state index contributed by atoms with van der Waals surface area (Å²) in [6, 6.07) is 24.6. The maximum absolute atomic E-state index is 13.7. The lowest BCUT2D eigenvalue weighted by Crippen LogP contribution is -2.41. The molecule has 182 valence electrons. The maximum atomic E-state index is 13.7. The number of amides is 2. The Kier molecular flexibility index (Phi) is 7.10. The number of anilines is 3. The summed E-state index contributed by atoms with van der Waals surface area (Å²) >= 11 is 0. The van der Waals surface area contributed by atoms with Gasteiger partial charge in [0.05, 0.1) is 13.1 Å². The number of carbonyl (C=O) groups is 2. The molecule has 9 heteroatoms. The van der Waals surface area contributed by atoms with Crippen LogP contribution in [-0.2, 0) is 17.9 Å². The summed E-state index contributed by atoms with van der Waals surface area (Å²) in [4.78, 5) is 54.2. The van der Waals surface area contributed by atoms with E-state index in [9.17, 15) is 19.2 Å². The Morgan fingerprint density at radius 1 is 0.889 bits per heavy atom. The van der Waals surface area contributed by atoms with E-state index < -0.39 is 17.2 Å². The fourth-order valence-corrected chi connectivity index (χ4v) is 3.83. The lowest BCUT2D eigenvalue weighted by Gasteiger charge is -2.25. The molecule has 0 aliphatic heterocycles. The molecule has 2 amide bonds. The number of carbonyl (C=O) groups excluding carboxylic acids is 2. The van der Waals surface area contributed by atoms with Gasteiger partial charge in [0.15, 0.2) is 5.69 Å².